The highest BCUT2D eigenvalue weighted by Gasteiger charge is 2.26. The normalized spacial score (nSPS) is 15.6. The summed E-state index contributed by atoms with van der Waals surface area (Å²) in [5.41, 5.74) is 2.35. The predicted octanol–water partition coefficient (Wildman–Crippen LogP) is 4.51. The number of para-hydroxylation sites is 2. The van der Waals surface area contributed by atoms with Gasteiger partial charge in [0.1, 0.15) is 0 Å². The van der Waals surface area contributed by atoms with Gasteiger partial charge in [-0.25, -0.2) is 4.98 Å². The lowest BCUT2D eigenvalue weighted by Gasteiger charge is -2.26. The zero-order valence-electron chi connectivity index (χ0n) is 19.3. The molecule has 0 saturated carbocycles. The molecule has 1 atom stereocenters. The number of benzene rings is 2. The molecule has 2 N–H and O–H groups in total. The van der Waals surface area contributed by atoms with Gasteiger partial charge in [0, 0.05) is 25.1 Å². The molecule has 1 aliphatic rings. The van der Waals surface area contributed by atoms with Crippen LogP contribution in [-0.4, -0.2) is 50.4 Å². The number of aliphatic carboxylic acids is 1. The average molecular weight is 463 g/mol. The van der Waals surface area contributed by atoms with E-state index in [4.69, 9.17) is 5.11 Å². The first-order valence-corrected chi connectivity index (χ1v) is 11.4. The molecule has 3 aromatic rings. The molecule has 0 bridgehead atoms. The maximum atomic E-state index is 12.8. The van der Waals surface area contributed by atoms with Gasteiger partial charge < -0.3 is 14.6 Å². The van der Waals surface area contributed by atoms with Gasteiger partial charge in [-0.3, -0.25) is 19.7 Å². The highest BCUT2D eigenvalue weighted by Crippen LogP contribution is 2.30. The fourth-order valence-electron chi connectivity index (χ4n) is 3.93. The number of nitrogens with one attached hydrogen (secondary N) is 1. The summed E-state index contributed by atoms with van der Waals surface area (Å²) in [4.78, 5) is 40.9. The van der Waals surface area contributed by atoms with Gasteiger partial charge in [-0.15, -0.1) is 0 Å². The lowest BCUT2D eigenvalue weighted by atomic mass is 10.1. The molecule has 2 heterocycles. The summed E-state index contributed by atoms with van der Waals surface area (Å²) in [6, 6.07) is 17.0. The van der Waals surface area contributed by atoms with Crippen molar-refractivity contribution in [1.29, 1.82) is 0 Å². The van der Waals surface area contributed by atoms with E-state index in [-0.39, 0.29) is 24.3 Å². The summed E-state index contributed by atoms with van der Waals surface area (Å²) in [6.45, 7) is 6.52. The summed E-state index contributed by atoms with van der Waals surface area (Å²) in [7, 11) is 0. The number of rotatable bonds is 5. The number of likely N-dealkylation sites (tertiary alicyclic amines) is 1. The van der Waals surface area contributed by atoms with Crippen LogP contribution in [-0.2, 0) is 9.59 Å². The highest BCUT2D eigenvalue weighted by molar-refractivity contribution is 6.04. The number of imidazole rings is 1. The van der Waals surface area contributed by atoms with Crippen LogP contribution >= 0.6 is 0 Å². The number of nitrogens with zero attached hydrogens (tertiary/aromatic N) is 3. The Morgan fingerprint density at radius 2 is 1.79 bits per heavy atom. The molecule has 2 amide bonds. The third kappa shape index (κ3) is 6.10. The first-order valence-electron chi connectivity index (χ1n) is 11.4. The van der Waals surface area contributed by atoms with Crippen LogP contribution in [0.5, 0.6) is 0 Å². The zero-order chi connectivity index (χ0) is 24.5. The van der Waals surface area contributed by atoms with E-state index in [1.807, 2.05) is 47.4 Å². The van der Waals surface area contributed by atoms with Crippen molar-refractivity contribution in [2.45, 2.75) is 38.6 Å². The quantitative estimate of drug-likeness (QED) is 0.543. The van der Waals surface area contributed by atoms with Crippen molar-refractivity contribution in [3.05, 3.63) is 72.8 Å². The second-order valence-electron chi connectivity index (χ2n) is 8.00. The maximum Gasteiger partial charge on any atom is 0.303 e. The molecule has 1 unspecified atom stereocenters. The van der Waals surface area contributed by atoms with Crippen LogP contribution in [0.25, 0.3) is 11.0 Å². The largest absolute Gasteiger partial charge is 0.481 e. The second kappa shape index (κ2) is 11.8. The second-order valence-corrected chi connectivity index (χ2v) is 8.00. The van der Waals surface area contributed by atoms with Gasteiger partial charge >= 0.3 is 5.97 Å². The number of carbonyl (C=O) groups excluding carboxylic acids is 2. The number of aromatic nitrogens is 2. The van der Waals surface area contributed by atoms with E-state index in [1.165, 1.54) is 6.08 Å². The number of hydrogen-bond acceptors (Lipinski definition) is 4. The summed E-state index contributed by atoms with van der Waals surface area (Å²) < 4.78 is 2.07. The molecular weight excluding hydrogens is 432 g/mol. The van der Waals surface area contributed by atoms with Gasteiger partial charge in [-0.1, -0.05) is 43.8 Å². The highest BCUT2D eigenvalue weighted by atomic mass is 16.4. The molecular formula is C26H30N4O4. The van der Waals surface area contributed by atoms with Crippen LogP contribution < -0.4 is 5.32 Å². The average Bonchev–Trinajstić information content (AvgIpc) is 3.04. The molecule has 1 aromatic heterocycles. The molecule has 0 aliphatic carbocycles. The van der Waals surface area contributed by atoms with E-state index in [9.17, 15) is 14.4 Å². The Morgan fingerprint density at radius 1 is 1.12 bits per heavy atom. The smallest absolute Gasteiger partial charge is 0.303 e. The molecule has 178 valence electrons. The first-order chi connectivity index (χ1) is 16.4. The number of carboxylic acid groups (broad SMARTS) is 1. The number of hydrogen-bond donors (Lipinski definition) is 2. The standard InChI is InChI=1S/C23H24N4O2.C3H6O2/c1-2-21(28)26-15-9-8-12-18(16-26)27-20-14-7-6-13-19(20)24-23(27)25-22(29)17-10-4-3-5-11-17;1-2-3(4)5/h2-7,10-11,13-14,18H,1,8-9,12,15-16H2,(H,24,25,29);2H2,1H3,(H,4,5). The van der Waals surface area contributed by atoms with Crippen molar-refractivity contribution in [1.82, 2.24) is 14.5 Å². The number of carboxylic acids is 1. The molecule has 1 aliphatic heterocycles. The van der Waals surface area contributed by atoms with Crippen molar-refractivity contribution in [3.63, 3.8) is 0 Å². The van der Waals surface area contributed by atoms with E-state index in [0.717, 1.165) is 36.8 Å². The lowest BCUT2D eigenvalue weighted by Crippen LogP contribution is -2.34. The summed E-state index contributed by atoms with van der Waals surface area (Å²) in [6.07, 6.45) is 4.46. The van der Waals surface area contributed by atoms with Crippen LogP contribution in [0.4, 0.5) is 5.95 Å². The van der Waals surface area contributed by atoms with Gasteiger partial charge in [0.15, 0.2) is 0 Å². The first kappa shape index (κ1) is 24.7. The number of fused-ring (bicyclic) bond motifs is 1. The van der Waals surface area contributed by atoms with Gasteiger partial charge in [0.2, 0.25) is 11.9 Å². The zero-order valence-corrected chi connectivity index (χ0v) is 19.3. The molecule has 2 aromatic carbocycles. The topological polar surface area (TPSA) is 105 Å². The van der Waals surface area contributed by atoms with Crippen LogP contribution in [0, 0.1) is 0 Å². The third-order valence-electron chi connectivity index (χ3n) is 5.66. The third-order valence-corrected chi connectivity index (χ3v) is 5.66. The molecule has 1 saturated heterocycles. The van der Waals surface area contributed by atoms with Crippen molar-refractivity contribution < 1.29 is 19.5 Å². The maximum absolute atomic E-state index is 12.8. The molecule has 8 nitrogen and oxygen atoms in total. The number of carbonyl (C=O) groups is 3. The van der Waals surface area contributed by atoms with E-state index in [0.29, 0.717) is 18.1 Å². The van der Waals surface area contributed by atoms with E-state index in [2.05, 4.69) is 21.4 Å². The Kier molecular flexibility index (Phi) is 8.56. The van der Waals surface area contributed by atoms with Crippen molar-refractivity contribution in [2.24, 2.45) is 0 Å². The van der Waals surface area contributed by atoms with Crippen molar-refractivity contribution in [2.75, 3.05) is 18.4 Å². The monoisotopic (exact) mass is 462 g/mol. The Hall–Kier alpha value is -3.94. The van der Waals surface area contributed by atoms with Crippen molar-refractivity contribution >= 4 is 34.8 Å². The Morgan fingerprint density at radius 3 is 2.47 bits per heavy atom. The molecule has 4 rings (SSSR count). The summed E-state index contributed by atoms with van der Waals surface area (Å²) >= 11 is 0. The van der Waals surface area contributed by atoms with Gasteiger partial charge in [-0.2, -0.15) is 0 Å². The van der Waals surface area contributed by atoms with Gasteiger partial charge in [-0.05, 0) is 49.6 Å². The minimum atomic E-state index is -0.745. The van der Waals surface area contributed by atoms with E-state index < -0.39 is 5.97 Å². The van der Waals surface area contributed by atoms with Crippen LogP contribution in [0.1, 0.15) is 49.0 Å². The molecule has 34 heavy (non-hydrogen) atoms. The fourth-order valence-corrected chi connectivity index (χ4v) is 3.93. The fraction of sp³-hybridized carbons (Fsp3) is 0.308. The summed E-state index contributed by atoms with van der Waals surface area (Å²) in [5, 5.41) is 10.7. The Bertz CT molecular complexity index is 1160. The molecule has 1 fully saturated rings. The van der Waals surface area contributed by atoms with Crippen LogP contribution in [0.15, 0.2) is 67.3 Å². The van der Waals surface area contributed by atoms with E-state index >= 15 is 0 Å². The molecule has 8 heteroatoms. The predicted molar refractivity (Wildman–Crippen MR) is 132 cm³/mol. The van der Waals surface area contributed by atoms with Gasteiger partial charge in [0.05, 0.1) is 17.1 Å². The van der Waals surface area contributed by atoms with Gasteiger partial charge in [0.25, 0.3) is 5.91 Å². The minimum Gasteiger partial charge on any atom is -0.481 e. The van der Waals surface area contributed by atoms with Crippen molar-refractivity contribution in [3.8, 4) is 0 Å². The molecule has 0 radical (unpaired) electrons. The minimum absolute atomic E-state index is 0.0277. The lowest BCUT2D eigenvalue weighted by molar-refractivity contribution is -0.136. The Balaban J connectivity index is 0.000000588. The number of amides is 2. The SMILES string of the molecule is C=CC(=O)N1CCCCC(n2c(NC(=O)c3ccccc3)nc3ccccc32)C1.CCC(=O)O. The van der Waals surface area contributed by atoms with E-state index in [1.54, 1.807) is 19.1 Å². The number of anilines is 1. The van der Waals surface area contributed by atoms with Crippen LogP contribution in [0.2, 0.25) is 0 Å². The summed E-state index contributed by atoms with van der Waals surface area (Å²) in [5.74, 6) is -0.492. The Labute approximate surface area is 198 Å². The molecule has 0 spiro atoms. The van der Waals surface area contributed by atoms with Crippen LogP contribution in [0.3, 0.4) is 0 Å².